The zero-order valence-corrected chi connectivity index (χ0v) is 11.7. The Morgan fingerprint density at radius 1 is 1.35 bits per heavy atom. The largest absolute Gasteiger partial charge is 0.425 e. The fourth-order valence-corrected chi connectivity index (χ4v) is 2.10. The quantitative estimate of drug-likeness (QED) is 0.368. The lowest BCUT2D eigenvalue weighted by Crippen LogP contribution is -2.65. The number of nitro groups is 1. The van der Waals surface area contributed by atoms with E-state index in [1.807, 2.05) is 0 Å². The van der Waals surface area contributed by atoms with Crippen LogP contribution < -0.4 is 16.2 Å². The van der Waals surface area contributed by atoms with E-state index in [1.165, 1.54) is 12.1 Å². The number of carbonyl (C=O) groups is 1. The van der Waals surface area contributed by atoms with Gasteiger partial charge in [0.25, 0.3) is 12.1 Å². The molecule has 0 radical (unpaired) electrons. The second-order valence-corrected chi connectivity index (χ2v) is 4.85. The van der Waals surface area contributed by atoms with Crippen molar-refractivity contribution in [3.63, 3.8) is 0 Å². The SMILES string of the molecule is NC1C=C(C(F)F)C=C([N+](=O)[O-])C1(N)C(=O)Oc1ccccc1. The average molecular weight is 325 g/mol. The second kappa shape index (κ2) is 6.23. The normalized spacial score (nSPS) is 24.0. The van der Waals surface area contributed by atoms with Crippen LogP contribution in [0.3, 0.4) is 0 Å². The van der Waals surface area contributed by atoms with Gasteiger partial charge in [-0.25, -0.2) is 13.6 Å². The number of alkyl halides is 2. The average Bonchev–Trinajstić information content (AvgIpc) is 2.50. The lowest BCUT2D eigenvalue weighted by molar-refractivity contribution is -0.434. The van der Waals surface area contributed by atoms with E-state index in [0.717, 1.165) is 6.08 Å². The lowest BCUT2D eigenvalue weighted by atomic mass is 9.82. The van der Waals surface area contributed by atoms with Gasteiger partial charge >= 0.3 is 5.97 Å². The molecule has 1 aromatic rings. The number of ether oxygens (including phenoxy) is 1. The summed E-state index contributed by atoms with van der Waals surface area (Å²) < 4.78 is 30.6. The van der Waals surface area contributed by atoms with Crippen molar-refractivity contribution in [2.45, 2.75) is 18.0 Å². The van der Waals surface area contributed by atoms with Crippen molar-refractivity contribution in [1.29, 1.82) is 0 Å². The molecule has 2 rings (SSSR count). The maximum absolute atomic E-state index is 12.8. The van der Waals surface area contributed by atoms with Crippen LogP contribution in [0.5, 0.6) is 5.75 Å². The van der Waals surface area contributed by atoms with Crippen LogP contribution in [0.25, 0.3) is 0 Å². The van der Waals surface area contributed by atoms with Gasteiger partial charge in [0.2, 0.25) is 5.54 Å². The molecule has 0 aliphatic heterocycles. The van der Waals surface area contributed by atoms with Gasteiger partial charge in [0.15, 0.2) is 0 Å². The van der Waals surface area contributed by atoms with Crippen LogP contribution in [-0.4, -0.2) is 28.9 Å². The van der Waals surface area contributed by atoms with Crippen molar-refractivity contribution in [1.82, 2.24) is 0 Å². The van der Waals surface area contributed by atoms with E-state index >= 15 is 0 Å². The molecule has 0 heterocycles. The van der Waals surface area contributed by atoms with Crippen LogP contribution in [0.4, 0.5) is 8.78 Å². The second-order valence-electron chi connectivity index (χ2n) is 4.85. The third-order valence-electron chi connectivity index (χ3n) is 3.37. The smallest absolute Gasteiger partial charge is 0.344 e. The van der Waals surface area contributed by atoms with Crippen LogP contribution in [0.15, 0.2) is 53.8 Å². The first-order valence-electron chi connectivity index (χ1n) is 6.45. The number of carbonyl (C=O) groups excluding carboxylic acids is 1. The standard InChI is InChI=1S/C14H13F2N3O4/c15-12(16)8-6-10(17)14(18,11(7-8)19(21)22)13(20)23-9-4-2-1-3-5-9/h1-7,10,12H,17-18H2. The number of rotatable bonds is 4. The fourth-order valence-electron chi connectivity index (χ4n) is 2.10. The van der Waals surface area contributed by atoms with E-state index in [0.29, 0.717) is 6.08 Å². The van der Waals surface area contributed by atoms with Gasteiger partial charge in [-0.2, -0.15) is 0 Å². The summed E-state index contributed by atoms with van der Waals surface area (Å²) in [5.74, 6) is -1.11. The number of halogens is 2. The Hall–Kier alpha value is -2.65. The minimum absolute atomic E-state index is 0.0980. The molecule has 0 aromatic heterocycles. The fraction of sp³-hybridized carbons (Fsp3) is 0.214. The van der Waals surface area contributed by atoms with Crippen molar-refractivity contribution in [3.05, 3.63) is 63.9 Å². The molecular weight excluding hydrogens is 312 g/mol. The molecule has 0 saturated heterocycles. The van der Waals surface area contributed by atoms with Crippen LogP contribution >= 0.6 is 0 Å². The van der Waals surface area contributed by atoms with Crippen LogP contribution in [0, 0.1) is 10.1 Å². The van der Waals surface area contributed by atoms with Gasteiger partial charge in [0.1, 0.15) is 5.75 Å². The summed E-state index contributed by atoms with van der Waals surface area (Å²) in [5.41, 5.74) is 7.46. The predicted molar refractivity (Wildman–Crippen MR) is 76.1 cm³/mol. The molecular formula is C14H13F2N3O4. The summed E-state index contributed by atoms with van der Waals surface area (Å²) in [6.07, 6.45) is -1.60. The van der Waals surface area contributed by atoms with Gasteiger partial charge in [-0.05, 0) is 12.1 Å². The molecule has 1 aromatic carbocycles. The summed E-state index contributed by atoms with van der Waals surface area (Å²) in [6.45, 7) is 0. The van der Waals surface area contributed by atoms with Gasteiger partial charge < -0.3 is 16.2 Å². The minimum Gasteiger partial charge on any atom is -0.425 e. The topological polar surface area (TPSA) is 121 Å². The molecule has 0 spiro atoms. The molecule has 4 N–H and O–H groups in total. The summed E-state index contributed by atoms with van der Waals surface area (Å²) >= 11 is 0. The minimum atomic E-state index is -2.98. The Balaban J connectivity index is 2.40. The van der Waals surface area contributed by atoms with Crippen molar-refractivity contribution in [2.75, 3.05) is 0 Å². The number of hydrogen-bond acceptors (Lipinski definition) is 6. The Bertz CT molecular complexity index is 691. The van der Waals surface area contributed by atoms with Gasteiger partial charge in [-0.15, -0.1) is 0 Å². The van der Waals surface area contributed by atoms with E-state index in [4.69, 9.17) is 16.2 Å². The van der Waals surface area contributed by atoms with E-state index < -0.39 is 40.2 Å². The van der Waals surface area contributed by atoms with Crippen molar-refractivity contribution < 1.29 is 23.2 Å². The summed E-state index contributed by atoms with van der Waals surface area (Å²) in [4.78, 5) is 22.5. The van der Waals surface area contributed by atoms with Crippen LogP contribution in [0.2, 0.25) is 0 Å². The number of hydrogen-bond donors (Lipinski definition) is 2. The van der Waals surface area contributed by atoms with Crippen LogP contribution in [-0.2, 0) is 4.79 Å². The first-order valence-corrected chi connectivity index (χ1v) is 6.45. The molecule has 23 heavy (non-hydrogen) atoms. The first-order chi connectivity index (χ1) is 10.8. The maximum Gasteiger partial charge on any atom is 0.344 e. The van der Waals surface area contributed by atoms with Crippen molar-refractivity contribution >= 4 is 5.97 Å². The van der Waals surface area contributed by atoms with Gasteiger partial charge in [-0.3, -0.25) is 10.1 Å². The highest BCUT2D eigenvalue weighted by atomic mass is 19.3. The Morgan fingerprint density at radius 3 is 2.48 bits per heavy atom. The van der Waals surface area contributed by atoms with Crippen molar-refractivity contribution in [3.8, 4) is 5.75 Å². The lowest BCUT2D eigenvalue weighted by Gasteiger charge is -2.31. The zero-order chi connectivity index (χ0) is 17.2. The molecule has 9 heteroatoms. The highest BCUT2D eigenvalue weighted by molar-refractivity contribution is 5.88. The molecule has 0 saturated carbocycles. The first kappa shape index (κ1) is 16.7. The number of allylic oxidation sites excluding steroid dienone is 2. The molecule has 0 bridgehead atoms. The van der Waals surface area contributed by atoms with Gasteiger partial charge in [-0.1, -0.05) is 24.3 Å². The Kier molecular flexibility index (Phi) is 4.52. The highest BCUT2D eigenvalue weighted by Gasteiger charge is 2.54. The number of nitrogens with two attached hydrogens (primary N) is 2. The summed E-state index contributed by atoms with van der Waals surface area (Å²) in [5, 5.41) is 11.2. The Morgan fingerprint density at radius 2 is 1.96 bits per heavy atom. The molecule has 1 aliphatic rings. The monoisotopic (exact) mass is 325 g/mol. The molecule has 7 nitrogen and oxygen atoms in total. The number of esters is 1. The third kappa shape index (κ3) is 3.10. The molecule has 2 atom stereocenters. The summed E-state index contributed by atoms with van der Waals surface area (Å²) in [7, 11) is 0. The molecule has 0 amide bonds. The number of benzene rings is 1. The summed E-state index contributed by atoms with van der Waals surface area (Å²) in [6, 6.07) is 6.16. The molecule has 2 unspecified atom stereocenters. The highest BCUT2D eigenvalue weighted by Crippen LogP contribution is 2.30. The third-order valence-corrected chi connectivity index (χ3v) is 3.37. The number of nitrogens with zero attached hydrogens (tertiary/aromatic N) is 1. The van der Waals surface area contributed by atoms with E-state index in [-0.39, 0.29) is 5.75 Å². The van der Waals surface area contributed by atoms with Gasteiger partial charge in [0.05, 0.1) is 11.0 Å². The molecule has 1 aliphatic carbocycles. The van der Waals surface area contributed by atoms with E-state index in [1.54, 1.807) is 18.2 Å². The number of para-hydroxylation sites is 1. The molecule has 0 fully saturated rings. The Labute approximate surface area is 129 Å². The van der Waals surface area contributed by atoms with Crippen molar-refractivity contribution in [2.24, 2.45) is 11.5 Å². The van der Waals surface area contributed by atoms with Crippen LogP contribution in [0.1, 0.15) is 0 Å². The maximum atomic E-state index is 12.8. The predicted octanol–water partition coefficient (Wildman–Crippen LogP) is 0.982. The van der Waals surface area contributed by atoms with Gasteiger partial charge in [0, 0.05) is 11.6 Å². The molecule has 122 valence electrons. The zero-order valence-electron chi connectivity index (χ0n) is 11.7. The van der Waals surface area contributed by atoms with E-state index in [9.17, 15) is 23.7 Å². The van der Waals surface area contributed by atoms with E-state index in [2.05, 4.69) is 0 Å².